The maximum atomic E-state index is 13.5. The van der Waals surface area contributed by atoms with Crippen LogP contribution in [0.3, 0.4) is 0 Å². The van der Waals surface area contributed by atoms with Crippen LogP contribution in [0, 0.1) is 5.92 Å². The Bertz CT molecular complexity index is 1240. The van der Waals surface area contributed by atoms with Gasteiger partial charge in [0.15, 0.2) is 0 Å². The molecule has 0 unspecified atom stereocenters. The van der Waals surface area contributed by atoms with E-state index in [9.17, 15) is 29.1 Å². The lowest BCUT2D eigenvalue weighted by Gasteiger charge is -2.31. The molecule has 0 radical (unpaired) electrons. The molecule has 0 fully saturated rings. The number of aliphatic carboxylic acids is 1. The number of carbonyl (C=O) groups excluding carboxylic acids is 4. The van der Waals surface area contributed by atoms with Gasteiger partial charge in [-0.1, -0.05) is 56.7 Å². The number of hydrogen-bond donors (Lipinski definition) is 2. The van der Waals surface area contributed by atoms with Crippen molar-refractivity contribution >= 4 is 29.6 Å². The molecule has 2 aromatic carbocycles. The lowest BCUT2D eigenvalue weighted by Crippen LogP contribution is -2.53. The first-order valence-electron chi connectivity index (χ1n) is 13.5. The first kappa shape index (κ1) is 28.0. The molecule has 0 spiro atoms. The Balaban J connectivity index is 1.33. The molecule has 0 aliphatic carbocycles. The summed E-state index contributed by atoms with van der Waals surface area (Å²) in [6.07, 6.45) is 2.52. The van der Waals surface area contributed by atoms with E-state index < -0.39 is 24.0 Å². The van der Waals surface area contributed by atoms with Gasteiger partial charge >= 0.3 is 5.97 Å². The van der Waals surface area contributed by atoms with Crippen molar-refractivity contribution in [3.63, 3.8) is 0 Å². The molecule has 2 heterocycles. The van der Waals surface area contributed by atoms with Crippen LogP contribution in [0.25, 0.3) is 0 Å². The maximum Gasteiger partial charge on any atom is 0.326 e. The van der Waals surface area contributed by atoms with Crippen LogP contribution in [0.15, 0.2) is 48.5 Å². The number of carboxylic acid groups (broad SMARTS) is 1. The number of imide groups is 1. The Labute approximate surface area is 228 Å². The predicted octanol–water partition coefficient (Wildman–Crippen LogP) is 3.41. The second-order valence-corrected chi connectivity index (χ2v) is 10.7. The van der Waals surface area contributed by atoms with Crippen LogP contribution in [0.2, 0.25) is 0 Å². The molecule has 2 aliphatic heterocycles. The Kier molecular flexibility index (Phi) is 8.79. The molecule has 2 N–H and O–H groups in total. The Morgan fingerprint density at radius 1 is 0.923 bits per heavy atom. The van der Waals surface area contributed by atoms with Crippen molar-refractivity contribution in [2.75, 3.05) is 6.54 Å². The third-order valence-electron chi connectivity index (χ3n) is 7.32. The van der Waals surface area contributed by atoms with Gasteiger partial charge in [-0.15, -0.1) is 0 Å². The van der Waals surface area contributed by atoms with E-state index in [-0.39, 0.29) is 43.1 Å². The number of rotatable bonds is 11. The summed E-state index contributed by atoms with van der Waals surface area (Å²) in [6.45, 7) is 4.30. The number of carboxylic acids is 1. The zero-order chi connectivity index (χ0) is 28.1. The summed E-state index contributed by atoms with van der Waals surface area (Å²) in [5.41, 5.74) is 2.63. The first-order chi connectivity index (χ1) is 18.7. The van der Waals surface area contributed by atoms with E-state index in [2.05, 4.69) is 5.32 Å². The third-order valence-corrected chi connectivity index (χ3v) is 7.32. The number of amides is 4. The van der Waals surface area contributed by atoms with Crippen molar-refractivity contribution in [3.8, 4) is 0 Å². The van der Waals surface area contributed by atoms with Gasteiger partial charge in [0.1, 0.15) is 12.1 Å². The highest BCUT2D eigenvalue weighted by atomic mass is 16.4. The number of hydrogen-bond acceptors (Lipinski definition) is 5. The van der Waals surface area contributed by atoms with E-state index in [1.165, 1.54) is 9.80 Å². The Hall–Kier alpha value is -4.01. The fraction of sp³-hybridized carbons (Fsp3) is 0.433. The smallest absolute Gasteiger partial charge is 0.326 e. The van der Waals surface area contributed by atoms with Gasteiger partial charge in [-0.05, 0) is 48.4 Å². The van der Waals surface area contributed by atoms with Gasteiger partial charge in [-0.2, -0.15) is 0 Å². The van der Waals surface area contributed by atoms with Crippen molar-refractivity contribution in [3.05, 3.63) is 70.8 Å². The highest BCUT2D eigenvalue weighted by Gasteiger charge is 2.38. The SMILES string of the molecule is CC(C)C[C@@H](C(=O)O)N1Cc2ccccc2C[C@H](NC(=O)CCCCCN2C(=O)c3ccccc3C2=O)C1=O. The van der Waals surface area contributed by atoms with Crippen LogP contribution in [0.4, 0.5) is 0 Å². The van der Waals surface area contributed by atoms with Crippen molar-refractivity contribution < 1.29 is 29.1 Å². The van der Waals surface area contributed by atoms with Crippen molar-refractivity contribution in [1.29, 1.82) is 0 Å². The highest BCUT2D eigenvalue weighted by molar-refractivity contribution is 6.21. The molecule has 4 rings (SSSR count). The van der Waals surface area contributed by atoms with Crippen molar-refractivity contribution in [2.24, 2.45) is 5.92 Å². The Morgan fingerprint density at radius 2 is 1.54 bits per heavy atom. The molecule has 2 aromatic rings. The third kappa shape index (κ3) is 6.35. The van der Waals surface area contributed by atoms with Crippen LogP contribution in [0.1, 0.15) is 77.8 Å². The average molecular weight is 534 g/mol. The van der Waals surface area contributed by atoms with E-state index in [1.54, 1.807) is 24.3 Å². The molecule has 2 atom stereocenters. The fourth-order valence-corrected chi connectivity index (χ4v) is 5.31. The molecule has 0 saturated heterocycles. The molecular weight excluding hydrogens is 498 g/mol. The molecule has 9 nitrogen and oxygen atoms in total. The molecule has 206 valence electrons. The molecule has 0 bridgehead atoms. The first-order valence-corrected chi connectivity index (χ1v) is 13.5. The topological polar surface area (TPSA) is 124 Å². The molecule has 0 aromatic heterocycles. The summed E-state index contributed by atoms with van der Waals surface area (Å²) in [5, 5.41) is 12.7. The predicted molar refractivity (Wildman–Crippen MR) is 144 cm³/mol. The highest BCUT2D eigenvalue weighted by Crippen LogP contribution is 2.25. The van der Waals surface area contributed by atoms with E-state index in [0.717, 1.165) is 11.1 Å². The van der Waals surface area contributed by atoms with E-state index in [0.29, 0.717) is 43.2 Å². The fourth-order valence-electron chi connectivity index (χ4n) is 5.31. The molecule has 39 heavy (non-hydrogen) atoms. The number of benzene rings is 2. The minimum absolute atomic E-state index is 0.0748. The summed E-state index contributed by atoms with van der Waals surface area (Å²) in [6, 6.07) is 12.5. The normalized spacial score (nSPS) is 17.6. The van der Waals surface area contributed by atoms with Gasteiger partial charge in [0.2, 0.25) is 11.8 Å². The average Bonchev–Trinajstić information content (AvgIpc) is 3.05. The summed E-state index contributed by atoms with van der Waals surface area (Å²) in [5.74, 6) is -2.24. The summed E-state index contributed by atoms with van der Waals surface area (Å²) >= 11 is 0. The van der Waals surface area contributed by atoms with Gasteiger partial charge in [0, 0.05) is 25.9 Å². The summed E-state index contributed by atoms with van der Waals surface area (Å²) < 4.78 is 0. The minimum atomic E-state index is -1.06. The van der Waals surface area contributed by atoms with E-state index in [4.69, 9.17) is 0 Å². The second-order valence-electron chi connectivity index (χ2n) is 10.7. The molecular formula is C30H35N3O6. The van der Waals surface area contributed by atoms with Crippen LogP contribution in [-0.4, -0.2) is 63.1 Å². The number of unbranched alkanes of at least 4 members (excludes halogenated alkanes) is 2. The van der Waals surface area contributed by atoms with Gasteiger partial charge in [0.25, 0.3) is 11.8 Å². The zero-order valence-corrected chi connectivity index (χ0v) is 22.4. The number of nitrogens with one attached hydrogen (secondary N) is 1. The minimum Gasteiger partial charge on any atom is -0.480 e. The van der Waals surface area contributed by atoms with E-state index >= 15 is 0 Å². The van der Waals surface area contributed by atoms with Crippen molar-refractivity contribution in [1.82, 2.24) is 15.1 Å². The quantitative estimate of drug-likeness (QED) is 0.337. The standard InChI is InChI=1S/C30H35N3O6/c1-19(2)16-25(30(38)39)33-18-21-11-6-5-10-20(21)17-24(29(33)37)31-26(34)14-4-3-9-15-32-27(35)22-12-7-8-13-23(22)28(32)36/h5-8,10-13,19,24-25H,3-4,9,14-18H2,1-2H3,(H,31,34)(H,38,39)/t24-,25-/m0/s1. The lowest BCUT2D eigenvalue weighted by molar-refractivity contribution is -0.152. The second kappa shape index (κ2) is 12.2. The zero-order valence-electron chi connectivity index (χ0n) is 22.4. The van der Waals surface area contributed by atoms with Crippen LogP contribution >= 0.6 is 0 Å². The Morgan fingerprint density at radius 3 is 2.15 bits per heavy atom. The van der Waals surface area contributed by atoms with Gasteiger partial charge < -0.3 is 15.3 Å². The molecule has 9 heteroatoms. The number of fused-ring (bicyclic) bond motifs is 2. The molecule has 2 aliphatic rings. The van der Waals surface area contributed by atoms with Crippen LogP contribution in [-0.2, 0) is 27.3 Å². The largest absolute Gasteiger partial charge is 0.480 e. The molecule has 0 saturated carbocycles. The number of nitrogens with zero attached hydrogens (tertiary/aromatic N) is 2. The van der Waals surface area contributed by atoms with Gasteiger partial charge in [-0.25, -0.2) is 4.79 Å². The maximum absolute atomic E-state index is 13.5. The van der Waals surface area contributed by atoms with Gasteiger partial charge in [-0.3, -0.25) is 24.1 Å². The van der Waals surface area contributed by atoms with Gasteiger partial charge in [0.05, 0.1) is 11.1 Å². The van der Waals surface area contributed by atoms with Crippen LogP contribution < -0.4 is 5.32 Å². The lowest BCUT2D eigenvalue weighted by atomic mass is 10.0. The van der Waals surface area contributed by atoms with E-state index in [1.807, 2.05) is 38.1 Å². The van der Waals surface area contributed by atoms with Crippen molar-refractivity contribution in [2.45, 2.75) is 71.0 Å². The summed E-state index contributed by atoms with van der Waals surface area (Å²) in [4.78, 5) is 66.1. The van der Waals surface area contributed by atoms with Crippen LogP contribution in [0.5, 0.6) is 0 Å². The summed E-state index contributed by atoms with van der Waals surface area (Å²) in [7, 11) is 0. The number of carbonyl (C=O) groups is 5. The monoisotopic (exact) mass is 533 g/mol. The molecule has 4 amide bonds.